The van der Waals surface area contributed by atoms with Crippen molar-refractivity contribution in [2.24, 2.45) is 0 Å². The summed E-state index contributed by atoms with van der Waals surface area (Å²) in [6, 6.07) is 10.7. The maximum atomic E-state index is 12.1. The standard InChI is InChI=1S/C15H12BrN3OS/c1-2-7-19-15(12(8-17)9-18)21-10-14(20)11-3-5-13(16)6-4-11/h2-6,19H,1,7,10H2. The van der Waals surface area contributed by atoms with Crippen LogP contribution in [-0.2, 0) is 0 Å². The van der Waals surface area contributed by atoms with Crippen LogP contribution in [0, 0.1) is 22.7 Å². The van der Waals surface area contributed by atoms with Gasteiger partial charge in [0.1, 0.15) is 12.1 Å². The maximum Gasteiger partial charge on any atom is 0.173 e. The van der Waals surface area contributed by atoms with Crippen LogP contribution in [0.2, 0.25) is 0 Å². The zero-order chi connectivity index (χ0) is 15.7. The van der Waals surface area contributed by atoms with Crippen molar-refractivity contribution < 1.29 is 4.79 Å². The molecule has 0 radical (unpaired) electrons. The summed E-state index contributed by atoms with van der Waals surface area (Å²) in [7, 11) is 0. The number of carbonyl (C=O) groups is 1. The van der Waals surface area contributed by atoms with Crippen molar-refractivity contribution in [3.05, 3.63) is 57.6 Å². The number of ketones is 1. The van der Waals surface area contributed by atoms with Gasteiger partial charge in [0.2, 0.25) is 0 Å². The van der Waals surface area contributed by atoms with Crippen LogP contribution < -0.4 is 5.32 Å². The second-order valence-corrected chi connectivity index (χ2v) is 5.72. The maximum absolute atomic E-state index is 12.1. The van der Waals surface area contributed by atoms with Gasteiger partial charge >= 0.3 is 0 Å². The molecule has 0 spiro atoms. The molecule has 0 bridgehead atoms. The van der Waals surface area contributed by atoms with Crippen LogP contribution in [0.1, 0.15) is 10.4 Å². The summed E-state index contributed by atoms with van der Waals surface area (Å²) in [5, 5.41) is 21.1. The lowest BCUT2D eigenvalue weighted by Gasteiger charge is -2.08. The van der Waals surface area contributed by atoms with E-state index in [0.29, 0.717) is 17.1 Å². The molecular weight excluding hydrogens is 350 g/mol. The zero-order valence-corrected chi connectivity index (χ0v) is 13.5. The van der Waals surface area contributed by atoms with E-state index in [1.165, 1.54) is 0 Å². The van der Waals surface area contributed by atoms with Crippen LogP contribution in [0.5, 0.6) is 0 Å². The summed E-state index contributed by atoms with van der Waals surface area (Å²) in [5.41, 5.74) is 0.551. The van der Waals surface area contributed by atoms with E-state index < -0.39 is 0 Å². The molecular formula is C15H12BrN3OS. The molecule has 0 atom stereocenters. The molecule has 0 aliphatic carbocycles. The highest BCUT2D eigenvalue weighted by atomic mass is 79.9. The van der Waals surface area contributed by atoms with E-state index in [1.54, 1.807) is 30.3 Å². The van der Waals surface area contributed by atoms with Gasteiger partial charge in [-0.2, -0.15) is 10.5 Å². The number of nitrogens with zero attached hydrogens (tertiary/aromatic N) is 2. The first-order valence-corrected chi connectivity index (χ1v) is 7.71. The second-order valence-electron chi connectivity index (χ2n) is 3.82. The summed E-state index contributed by atoms with van der Waals surface area (Å²) < 4.78 is 0.899. The van der Waals surface area contributed by atoms with Crippen molar-refractivity contribution in [3.8, 4) is 12.1 Å². The van der Waals surface area contributed by atoms with Crippen LogP contribution in [0.3, 0.4) is 0 Å². The summed E-state index contributed by atoms with van der Waals surface area (Å²) in [5.74, 6) is 0.0779. The topological polar surface area (TPSA) is 76.7 Å². The number of Topliss-reactive ketones (excluding diaryl/α,β-unsaturated/α-hetero) is 1. The number of nitrogens with one attached hydrogen (secondary N) is 1. The third-order valence-corrected chi connectivity index (χ3v) is 3.94. The van der Waals surface area contributed by atoms with Crippen molar-refractivity contribution in [3.63, 3.8) is 0 Å². The van der Waals surface area contributed by atoms with E-state index in [0.717, 1.165) is 16.2 Å². The Morgan fingerprint density at radius 2 is 1.95 bits per heavy atom. The van der Waals surface area contributed by atoms with Crippen LogP contribution in [-0.4, -0.2) is 18.1 Å². The average Bonchev–Trinajstić information content (AvgIpc) is 2.50. The van der Waals surface area contributed by atoms with Crippen molar-refractivity contribution in [2.75, 3.05) is 12.3 Å². The predicted octanol–water partition coefficient (Wildman–Crippen LogP) is 3.40. The molecule has 1 rings (SSSR count). The first-order chi connectivity index (χ1) is 10.1. The molecule has 0 aliphatic rings. The minimum absolute atomic E-state index is 0.0366. The minimum atomic E-state index is -0.0689. The van der Waals surface area contributed by atoms with Gasteiger partial charge in [-0.25, -0.2) is 0 Å². The Morgan fingerprint density at radius 3 is 2.48 bits per heavy atom. The molecule has 4 nitrogen and oxygen atoms in total. The largest absolute Gasteiger partial charge is 0.375 e. The van der Waals surface area contributed by atoms with Gasteiger partial charge in [0.25, 0.3) is 0 Å². The fourth-order valence-electron chi connectivity index (χ4n) is 1.36. The Kier molecular flexibility index (Phi) is 7.31. The zero-order valence-electron chi connectivity index (χ0n) is 11.1. The first kappa shape index (κ1) is 17.0. The van der Waals surface area contributed by atoms with E-state index in [1.807, 2.05) is 12.1 Å². The number of allylic oxidation sites excluding steroid dienone is 1. The fourth-order valence-corrected chi connectivity index (χ4v) is 2.49. The van der Waals surface area contributed by atoms with Gasteiger partial charge < -0.3 is 5.32 Å². The molecule has 106 valence electrons. The van der Waals surface area contributed by atoms with Crippen molar-refractivity contribution in [1.82, 2.24) is 5.32 Å². The minimum Gasteiger partial charge on any atom is -0.375 e. The number of rotatable bonds is 7. The molecule has 0 aromatic heterocycles. The molecule has 1 aromatic rings. The van der Waals surface area contributed by atoms with Crippen LogP contribution >= 0.6 is 27.7 Å². The Morgan fingerprint density at radius 1 is 1.33 bits per heavy atom. The first-order valence-electron chi connectivity index (χ1n) is 5.93. The molecule has 0 unspecified atom stereocenters. The smallest absolute Gasteiger partial charge is 0.173 e. The molecule has 21 heavy (non-hydrogen) atoms. The van der Waals surface area contributed by atoms with E-state index in [2.05, 4.69) is 27.8 Å². The lowest BCUT2D eigenvalue weighted by atomic mass is 10.2. The molecule has 0 saturated heterocycles. The van der Waals surface area contributed by atoms with Crippen molar-refractivity contribution >= 4 is 33.5 Å². The monoisotopic (exact) mass is 361 g/mol. The normalized spacial score (nSPS) is 9.10. The summed E-state index contributed by atoms with van der Waals surface area (Å²) in [6.45, 7) is 3.98. The number of thioether (sulfide) groups is 1. The SMILES string of the molecule is C=CCNC(SCC(=O)c1ccc(Br)cc1)=C(C#N)C#N. The van der Waals surface area contributed by atoms with Crippen molar-refractivity contribution in [2.45, 2.75) is 0 Å². The van der Waals surface area contributed by atoms with E-state index in [4.69, 9.17) is 10.5 Å². The highest BCUT2D eigenvalue weighted by Crippen LogP contribution is 2.19. The molecule has 0 amide bonds. The Bertz CT molecular complexity index is 622. The lowest BCUT2D eigenvalue weighted by Crippen LogP contribution is -2.14. The fraction of sp³-hybridized carbons (Fsp3) is 0.133. The molecule has 0 heterocycles. The van der Waals surface area contributed by atoms with Gasteiger partial charge in [0.15, 0.2) is 11.4 Å². The number of nitriles is 2. The number of hydrogen-bond donors (Lipinski definition) is 1. The summed E-state index contributed by atoms with van der Waals surface area (Å²) >= 11 is 4.45. The number of benzene rings is 1. The number of hydrogen-bond acceptors (Lipinski definition) is 5. The average molecular weight is 362 g/mol. The van der Waals surface area contributed by atoms with Gasteiger partial charge in [-0.05, 0) is 12.1 Å². The lowest BCUT2D eigenvalue weighted by molar-refractivity contribution is 0.102. The van der Waals surface area contributed by atoms with E-state index >= 15 is 0 Å². The molecule has 0 fully saturated rings. The predicted molar refractivity (Wildman–Crippen MR) is 87.4 cm³/mol. The Balaban J connectivity index is 2.78. The highest BCUT2D eigenvalue weighted by molar-refractivity contribution is 9.10. The number of carbonyl (C=O) groups excluding carboxylic acids is 1. The highest BCUT2D eigenvalue weighted by Gasteiger charge is 2.11. The van der Waals surface area contributed by atoms with Gasteiger partial charge in [0.05, 0.1) is 10.8 Å². The summed E-state index contributed by atoms with van der Waals surface area (Å²) in [4.78, 5) is 12.1. The molecule has 0 saturated carbocycles. The molecule has 0 aliphatic heterocycles. The quantitative estimate of drug-likeness (QED) is 0.457. The van der Waals surface area contributed by atoms with E-state index in [9.17, 15) is 4.79 Å². The van der Waals surface area contributed by atoms with Crippen LogP contribution in [0.25, 0.3) is 0 Å². The van der Waals surface area contributed by atoms with Gasteiger partial charge in [-0.1, -0.05) is 45.9 Å². The van der Waals surface area contributed by atoms with Gasteiger partial charge in [-0.3, -0.25) is 4.79 Å². The van der Waals surface area contributed by atoms with Crippen LogP contribution in [0.15, 0.2) is 52.0 Å². The van der Waals surface area contributed by atoms with Crippen LogP contribution in [0.4, 0.5) is 0 Å². The third-order valence-electron chi connectivity index (χ3n) is 2.37. The molecule has 1 N–H and O–H groups in total. The Hall–Kier alpha value is -2.02. The third kappa shape index (κ3) is 5.47. The van der Waals surface area contributed by atoms with E-state index in [-0.39, 0.29) is 17.1 Å². The number of halogens is 1. The Labute approximate surface area is 136 Å². The van der Waals surface area contributed by atoms with Crippen molar-refractivity contribution in [1.29, 1.82) is 10.5 Å². The van der Waals surface area contributed by atoms with Gasteiger partial charge in [0, 0.05) is 16.6 Å². The second kappa shape index (κ2) is 9.02. The molecule has 1 aromatic carbocycles. The van der Waals surface area contributed by atoms with Gasteiger partial charge in [-0.15, -0.1) is 6.58 Å². The molecule has 6 heteroatoms. The summed E-state index contributed by atoms with van der Waals surface area (Å²) in [6.07, 6.45) is 1.61.